The summed E-state index contributed by atoms with van der Waals surface area (Å²) in [5.74, 6) is 0. The minimum Gasteiger partial charge on any atom is -0.379 e. The van der Waals surface area contributed by atoms with Crippen LogP contribution >= 0.6 is 43.2 Å². The van der Waals surface area contributed by atoms with Crippen LogP contribution in [-0.2, 0) is 6.54 Å². The summed E-state index contributed by atoms with van der Waals surface area (Å²) in [4.78, 5) is 2.66. The summed E-state index contributed by atoms with van der Waals surface area (Å²) >= 11 is 8.92. The van der Waals surface area contributed by atoms with Crippen molar-refractivity contribution in [3.63, 3.8) is 0 Å². The SMILES string of the molecule is Cc1ccc(Br)c(NCc2cc(Br)c(C)s2)c1. The van der Waals surface area contributed by atoms with E-state index >= 15 is 0 Å². The Hall–Kier alpha value is -0.320. The molecule has 1 heterocycles. The average molecular weight is 375 g/mol. The summed E-state index contributed by atoms with van der Waals surface area (Å²) in [6.45, 7) is 5.09. The standard InChI is InChI=1S/C13H13Br2NS/c1-8-3-4-11(14)13(5-8)16-7-10-6-12(15)9(2)17-10/h3-6,16H,7H2,1-2H3. The largest absolute Gasteiger partial charge is 0.379 e. The monoisotopic (exact) mass is 373 g/mol. The smallest absolute Gasteiger partial charge is 0.0495 e. The van der Waals surface area contributed by atoms with Crippen LogP contribution in [0.4, 0.5) is 5.69 Å². The van der Waals surface area contributed by atoms with Gasteiger partial charge in [0, 0.05) is 30.9 Å². The number of benzene rings is 1. The van der Waals surface area contributed by atoms with Crippen LogP contribution in [0.1, 0.15) is 15.3 Å². The van der Waals surface area contributed by atoms with Crippen LogP contribution in [0.2, 0.25) is 0 Å². The first-order chi connectivity index (χ1) is 8.06. The zero-order valence-electron chi connectivity index (χ0n) is 9.68. The molecule has 0 amide bonds. The minimum absolute atomic E-state index is 0.860. The molecule has 0 fully saturated rings. The Kier molecular flexibility index (Phi) is 4.28. The molecular formula is C13H13Br2NS. The highest BCUT2D eigenvalue weighted by molar-refractivity contribution is 9.11. The maximum atomic E-state index is 3.56. The number of hydrogen-bond donors (Lipinski definition) is 1. The molecule has 0 saturated heterocycles. The van der Waals surface area contributed by atoms with Gasteiger partial charge in [0.25, 0.3) is 0 Å². The molecule has 0 atom stereocenters. The second kappa shape index (κ2) is 5.55. The summed E-state index contributed by atoms with van der Waals surface area (Å²) in [7, 11) is 0. The van der Waals surface area contributed by atoms with Crippen molar-refractivity contribution in [2.24, 2.45) is 0 Å². The van der Waals surface area contributed by atoms with Crippen molar-refractivity contribution in [3.8, 4) is 0 Å². The third kappa shape index (κ3) is 3.33. The second-order valence-electron chi connectivity index (χ2n) is 3.95. The molecule has 0 bridgehead atoms. The number of rotatable bonds is 3. The van der Waals surface area contributed by atoms with E-state index in [0.29, 0.717) is 0 Å². The fraction of sp³-hybridized carbons (Fsp3) is 0.231. The highest BCUT2D eigenvalue weighted by atomic mass is 79.9. The van der Waals surface area contributed by atoms with Crippen molar-refractivity contribution in [1.29, 1.82) is 0 Å². The van der Waals surface area contributed by atoms with Crippen molar-refractivity contribution in [1.82, 2.24) is 0 Å². The Bertz CT molecular complexity index is 515. The predicted octanol–water partition coefficient (Wildman–Crippen LogP) is 5.50. The van der Waals surface area contributed by atoms with Crippen LogP contribution in [0.25, 0.3) is 0 Å². The molecule has 1 aromatic heterocycles. The highest BCUT2D eigenvalue weighted by Gasteiger charge is 2.04. The number of halogens is 2. The predicted molar refractivity (Wildman–Crippen MR) is 83.0 cm³/mol. The van der Waals surface area contributed by atoms with Gasteiger partial charge in [0.15, 0.2) is 0 Å². The first-order valence-electron chi connectivity index (χ1n) is 5.31. The maximum absolute atomic E-state index is 3.56. The van der Waals surface area contributed by atoms with E-state index in [0.717, 1.165) is 16.7 Å². The lowest BCUT2D eigenvalue weighted by Gasteiger charge is -2.08. The van der Waals surface area contributed by atoms with Gasteiger partial charge in [-0.05, 0) is 69.5 Å². The summed E-state index contributed by atoms with van der Waals surface area (Å²) in [5, 5.41) is 3.45. The number of aryl methyl sites for hydroxylation is 2. The van der Waals surface area contributed by atoms with Gasteiger partial charge in [0.05, 0.1) is 0 Å². The first kappa shape index (κ1) is 13.1. The van der Waals surface area contributed by atoms with Gasteiger partial charge in [-0.15, -0.1) is 11.3 Å². The fourth-order valence-electron chi connectivity index (χ4n) is 1.56. The molecule has 0 unspecified atom stereocenters. The first-order valence-corrected chi connectivity index (χ1v) is 7.71. The zero-order valence-corrected chi connectivity index (χ0v) is 13.7. The van der Waals surface area contributed by atoms with Crippen molar-refractivity contribution < 1.29 is 0 Å². The molecule has 0 aliphatic rings. The van der Waals surface area contributed by atoms with E-state index < -0.39 is 0 Å². The van der Waals surface area contributed by atoms with Crippen molar-refractivity contribution in [2.75, 3.05) is 5.32 Å². The number of anilines is 1. The van der Waals surface area contributed by atoms with E-state index in [1.807, 2.05) is 11.3 Å². The minimum atomic E-state index is 0.860. The number of thiophene rings is 1. The molecule has 2 rings (SSSR count). The molecule has 0 radical (unpaired) electrons. The van der Waals surface area contributed by atoms with Crippen LogP contribution in [0.15, 0.2) is 33.2 Å². The summed E-state index contributed by atoms with van der Waals surface area (Å²) in [5.41, 5.74) is 2.41. The summed E-state index contributed by atoms with van der Waals surface area (Å²) < 4.78 is 2.30. The van der Waals surface area contributed by atoms with Crippen molar-refractivity contribution in [2.45, 2.75) is 20.4 Å². The molecule has 0 aliphatic carbocycles. The van der Waals surface area contributed by atoms with E-state index in [1.54, 1.807) is 0 Å². The molecule has 1 N–H and O–H groups in total. The third-order valence-corrected chi connectivity index (χ3v) is 5.31. The van der Waals surface area contributed by atoms with Gasteiger partial charge in [-0.1, -0.05) is 6.07 Å². The molecule has 0 spiro atoms. The Morgan fingerprint density at radius 1 is 1.12 bits per heavy atom. The number of nitrogens with one attached hydrogen (secondary N) is 1. The van der Waals surface area contributed by atoms with Gasteiger partial charge in [-0.3, -0.25) is 0 Å². The van der Waals surface area contributed by atoms with Gasteiger partial charge >= 0.3 is 0 Å². The maximum Gasteiger partial charge on any atom is 0.0495 e. The number of hydrogen-bond acceptors (Lipinski definition) is 2. The molecular weight excluding hydrogens is 362 g/mol. The third-order valence-electron chi connectivity index (χ3n) is 2.48. The van der Waals surface area contributed by atoms with Crippen LogP contribution < -0.4 is 5.32 Å². The van der Waals surface area contributed by atoms with Crippen molar-refractivity contribution in [3.05, 3.63) is 48.5 Å². The Morgan fingerprint density at radius 2 is 1.88 bits per heavy atom. The van der Waals surface area contributed by atoms with Crippen LogP contribution in [0.5, 0.6) is 0 Å². The van der Waals surface area contributed by atoms with Gasteiger partial charge < -0.3 is 5.32 Å². The Balaban J connectivity index is 2.09. The van der Waals surface area contributed by atoms with E-state index in [9.17, 15) is 0 Å². The van der Waals surface area contributed by atoms with Crippen LogP contribution in [0.3, 0.4) is 0 Å². The molecule has 0 saturated carbocycles. The van der Waals surface area contributed by atoms with E-state index in [2.05, 4.69) is 75.3 Å². The second-order valence-corrected chi connectivity index (χ2v) is 7.00. The van der Waals surface area contributed by atoms with Gasteiger partial charge in [-0.25, -0.2) is 0 Å². The normalized spacial score (nSPS) is 10.6. The highest BCUT2D eigenvalue weighted by Crippen LogP contribution is 2.28. The van der Waals surface area contributed by atoms with Gasteiger partial charge in [0.1, 0.15) is 0 Å². The van der Waals surface area contributed by atoms with Gasteiger partial charge in [-0.2, -0.15) is 0 Å². The summed E-state index contributed by atoms with van der Waals surface area (Å²) in [6, 6.07) is 8.50. The topological polar surface area (TPSA) is 12.0 Å². The summed E-state index contributed by atoms with van der Waals surface area (Å²) in [6.07, 6.45) is 0. The van der Waals surface area contributed by atoms with E-state index in [1.165, 1.54) is 19.8 Å². The molecule has 17 heavy (non-hydrogen) atoms. The lowest BCUT2D eigenvalue weighted by Crippen LogP contribution is -1.98. The fourth-order valence-corrected chi connectivity index (χ4v) is 3.49. The Morgan fingerprint density at radius 3 is 2.53 bits per heavy atom. The van der Waals surface area contributed by atoms with E-state index in [-0.39, 0.29) is 0 Å². The molecule has 1 nitrogen and oxygen atoms in total. The lowest BCUT2D eigenvalue weighted by atomic mass is 10.2. The zero-order chi connectivity index (χ0) is 12.4. The van der Waals surface area contributed by atoms with Crippen molar-refractivity contribution >= 4 is 48.9 Å². The molecule has 90 valence electrons. The van der Waals surface area contributed by atoms with E-state index in [4.69, 9.17) is 0 Å². The average Bonchev–Trinajstić information content (AvgIpc) is 2.60. The molecule has 1 aromatic carbocycles. The molecule has 2 aromatic rings. The van der Waals surface area contributed by atoms with Crippen LogP contribution in [0, 0.1) is 13.8 Å². The van der Waals surface area contributed by atoms with Gasteiger partial charge in [0.2, 0.25) is 0 Å². The molecule has 4 heteroatoms. The quantitative estimate of drug-likeness (QED) is 0.747. The van der Waals surface area contributed by atoms with Crippen LogP contribution in [-0.4, -0.2) is 0 Å². The Labute approximate surface area is 123 Å². The molecule has 0 aliphatic heterocycles. The lowest BCUT2D eigenvalue weighted by molar-refractivity contribution is 1.18.